The SMILES string of the molecule is CCCc1ccccc1N1CC(=O)OC(=O)C1. The van der Waals surface area contributed by atoms with E-state index in [4.69, 9.17) is 0 Å². The Kier molecular flexibility index (Phi) is 3.42. The maximum atomic E-state index is 11.2. The summed E-state index contributed by atoms with van der Waals surface area (Å²) in [6.45, 7) is 2.39. The highest BCUT2D eigenvalue weighted by molar-refractivity contribution is 5.94. The largest absolute Gasteiger partial charge is 0.390 e. The molecule has 4 heteroatoms. The number of esters is 2. The molecule has 1 aliphatic heterocycles. The number of para-hydroxylation sites is 1. The van der Waals surface area contributed by atoms with Crippen molar-refractivity contribution >= 4 is 17.6 Å². The van der Waals surface area contributed by atoms with Gasteiger partial charge in [0.2, 0.25) is 0 Å². The average molecular weight is 233 g/mol. The first-order valence-corrected chi connectivity index (χ1v) is 5.77. The van der Waals surface area contributed by atoms with Crippen molar-refractivity contribution in [1.29, 1.82) is 0 Å². The van der Waals surface area contributed by atoms with E-state index in [0.29, 0.717) is 0 Å². The predicted octanol–water partition coefficient (Wildman–Crippen LogP) is 1.53. The molecule has 17 heavy (non-hydrogen) atoms. The molecule has 0 spiro atoms. The number of hydrogen-bond donors (Lipinski definition) is 0. The summed E-state index contributed by atoms with van der Waals surface area (Å²) in [5.74, 6) is -0.958. The fraction of sp³-hybridized carbons (Fsp3) is 0.385. The summed E-state index contributed by atoms with van der Waals surface area (Å²) < 4.78 is 4.52. The van der Waals surface area contributed by atoms with E-state index in [1.54, 1.807) is 4.90 Å². The van der Waals surface area contributed by atoms with Crippen molar-refractivity contribution in [2.75, 3.05) is 18.0 Å². The number of anilines is 1. The van der Waals surface area contributed by atoms with E-state index in [2.05, 4.69) is 11.7 Å². The summed E-state index contributed by atoms with van der Waals surface area (Å²) in [6, 6.07) is 7.86. The molecule has 1 aliphatic rings. The second-order valence-corrected chi connectivity index (χ2v) is 4.08. The monoisotopic (exact) mass is 233 g/mol. The third-order valence-electron chi connectivity index (χ3n) is 2.72. The first-order valence-electron chi connectivity index (χ1n) is 5.77. The molecule has 0 N–H and O–H groups in total. The summed E-state index contributed by atoms with van der Waals surface area (Å²) in [4.78, 5) is 24.3. The van der Waals surface area contributed by atoms with Gasteiger partial charge in [-0.3, -0.25) is 0 Å². The van der Waals surface area contributed by atoms with Crippen molar-refractivity contribution < 1.29 is 14.3 Å². The molecule has 1 fully saturated rings. The van der Waals surface area contributed by atoms with Crippen molar-refractivity contribution in [2.45, 2.75) is 19.8 Å². The van der Waals surface area contributed by atoms with Gasteiger partial charge in [0.15, 0.2) is 0 Å². The van der Waals surface area contributed by atoms with Gasteiger partial charge in [0.1, 0.15) is 13.1 Å². The lowest BCUT2D eigenvalue weighted by Crippen LogP contribution is -2.43. The number of nitrogens with zero attached hydrogens (tertiary/aromatic N) is 1. The Balaban J connectivity index is 2.26. The Hall–Kier alpha value is -1.84. The molecule has 2 rings (SSSR count). The number of aryl methyl sites for hydroxylation is 1. The zero-order valence-corrected chi connectivity index (χ0v) is 9.81. The summed E-state index contributed by atoms with van der Waals surface area (Å²) in [7, 11) is 0. The van der Waals surface area contributed by atoms with Gasteiger partial charge in [-0.15, -0.1) is 0 Å². The fourth-order valence-electron chi connectivity index (χ4n) is 2.03. The maximum Gasteiger partial charge on any atom is 0.333 e. The molecular weight excluding hydrogens is 218 g/mol. The second-order valence-electron chi connectivity index (χ2n) is 4.08. The molecule has 1 saturated heterocycles. The number of carbonyl (C=O) groups excluding carboxylic acids is 2. The van der Waals surface area contributed by atoms with Crippen LogP contribution in [0.2, 0.25) is 0 Å². The minimum absolute atomic E-state index is 0.145. The first kappa shape index (κ1) is 11.6. The van der Waals surface area contributed by atoms with Crippen molar-refractivity contribution in [3.63, 3.8) is 0 Å². The molecule has 1 aromatic rings. The van der Waals surface area contributed by atoms with Crippen LogP contribution in [-0.4, -0.2) is 25.0 Å². The van der Waals surface area contributed by atoms with Crippen LogP contribution in [0, 0.1) is 0 Å². The highest BCUT2D eigenvalue weighted by atomic mass is 16.6. The lowest BCUT2D eigenvalue weighted by molar-refractivity contribution is -0.160. The molecule has 0 radical (unpaired) electrons. The predicted molar refractivity (Wildman–Crippen MR) is 63.7 cm³/mol. The molecule has 0 amide bonds. The van der Waals surface area contributed by atoms with Crippen molar-refractivity contribution in [1.82, 2.24) is 0 Å². The minimum Gasteiger partial charge on any atom is -0.390 e. The number of morpholine rings is 1. The summed E-state index contributed by atoms with van der Waals surface area (Å²) in [6.07, 6.45) is 1.97. The summed E-state index contributed by atoms with van der Waals surface area (Å²) in [5.41, 5.74) is 2.12. The van der Waals surface area contributed by atoms with Crippen molar-refractivity contribution in [3.05, 3.63) is 29.8 Å². The van der Waals surface area contributed by atoms with Crippen molar-refractivity contribution in [3.8, 4) is 0 Å². The highest BCUT2D eigenvalue weighted by Gasteiger charge is 2.25. The molecule has 1 aromatic carbocycles. The zero-order chi connectivity index (χ0) is 12.3. The smallest absolute Gasteiger partial charge is 0.333 e. The third-order valence-corrected chi connectivity index (χ3v) is 2.72. The van der Waals surface area contributed by atoms with Gasteiger partial charge in [-0.1, -0.05) is 31.5 Å². The number of cyclic esters (lactones) is 2. The van der Waals surface area contributed by atoms with Crippen LogP contribution in [0.25, 0.3) is 0 Å². The van der Waals surface area contributed by atoms with E-state index >= 15 is 0 Å². The molecule has 0 saturated carbocycles. The number of rotatable bonds is 3. The van der Waals surface area contributed by atoms with E-state index in [0.717, 1.165) is 24.1 Å². The molecule has 0 aliphatic carbocycles. The van der Waals surface area contributed by atoms with Crippen molar-refractivity contribution in [2.24, 2.45) is 0 Å². The number of hydrogen-bond acceptors (Lipinski definition) is 4. The maximum absolute atomic E-state index is 11.2. The Morgan fingerprint density at radius 3 is 2.47 bits per heavy atom. The van der Waals surface area contributed by atoms with Gasteiger partial charge in [-0.25, -0.2) is 9.59 Å². The minimum atomic E-state index is -0.479. The van der Waals surface area contributed by atoms with E-state index in [1.165, 1.54) is 0 Å². The molecule has 0 aromatic heterocycles. The summed E-state index contributed by atoms with van der Waals surface area (Å²) >= 11 is 0. The fourth-order valence-corrected chi connectivity index (χ4v) is 2.03. The van der Waals surface area contributed by atoms with Gasteiger partial charge in [0, 0.05) is 5.69 Å². The molecular formula is C13H15NO3. The molecule has 0 atom stereocenters. The Bertz CT molecular complexity index is 426. The van der Waals surface area contributed by atoms with Crippen LogP contribution in [0.3, 0.4) is 0 Å². The Morgan fingerprint density at radius 2 is 1.82 bits per heavy atom. The van der Waals surface area contributed by atoms with E-state index in [1.807, 2.05) is 24.3 Å². The highest BCUT2D eigenvalue weighted by Crippen LogP contribution is 2.23. The van der Waals surface area contributed by atoms with E-state index in [9.17, 15) is 9.59 Å². The molecule has 90 valence electrons. The van der Waals surface area contributed by atoms with Crippen LogP contribution >= 0.6 is 0 Å². The lowest BCUT2D eigenvalue weighted by Gasteiger charge is -2.28. The van der Waals surface area contributed by atoms with Crippen LogP contribution in [0.15, 0.2) is 24.3 Å². The van der Waals surface area contributed by atoms with E-state index < -0.39 is 11.9 Å². The normalized spacial score (nSPS) is 15.9. The van der Waals surface area contributed by atoms with Gasteiger partial charge in [-0.05, 0) is 18.1 Å². The quantitative estimate of drug-likeness (QED) is 0.586. The topological polar surface area (TPSA) is 46.6 Å². The zero-order valence-electron chi connectivity index (χ0n) is 9.81. The molecule has 0 bridgehead atoms. The van der Waals surface area contributed by atoms with Crippen LogP contribution in [-0.2, 0) is 20.7 Å². The Morgan fingerprint density at radius 1 is 1.18 bits per heavy atom. The van der Waals surface area contributed by atoms with Gasteiger partial charge >= 0.3 is 11.9 Å². The average Bonchev–Trinajstić information content (AvgIpc) is 2.29. The van der Waals surface area contributed by atoms with Crippen LogP contribution in [0.1, 0.15) is 18.9 Å². The number of ether oxygens (including phenoxy) is 1. The molecule has 0 unspecified atom stereocenters. The summed E-state index contributed by atoms with van der Waals surface area (Å²) in [5, 5.41) is 0. The first-order chi connectivity index (χ1) is 8.20. The number of benzene rings is 1. The standard InChI is InChI=1S/C13H15NO3/c1-2-5-10-6-3-4-7-11(10)14-8-12(15)17-13(16)9-14/h3-4,6-7H,2,5,8-9H2,1H3. The lowest BCUT2D eigenvalue weighted by atomic mass is 10.1. The molecule has 4 nitrogen and oxygen atoms in total. The van der Waals surface area contributed by atoms with Gasteiger partial charge < -0.3 is 9.64 Å². The van der Waals surface area contributed by atoms with Gasteiger partial charge in [0.25, 0.3) is 0 Å². The van der Waals surface area contributed by atoms with Gasteiger partial charge in [0.05, 0.1) is 0 Å². The van der Waals surface area contributed by atoms with Crippen LogP contribution in [0.5, 0.6) is 0 Å². The molecule has 1 heterocycles. The van der Waals surface area contributed by atoms with E-state index in [-0.39, 0.29) is 13.1 Å². The van der Waals surface area contributed by atoms with Gasteiger partial charge in [-0.2, -0.15) is 0 Å². The van der Waals surface area contributed by atoms with Crippen LogP contribution in [0.4, 0.5) is 5.69 Å². The second kappa shape index (κ2) is 4.99. The Labute approximate surface area is 100 Å². The van der Waals surface area contributed by atoms with Crippen LogP contribution < -0.4 is 4.90 Å². The third kappa shape index (κ3) is 2.64. The number of carbonyl (C=O) groups is 2.